The number of tetrazole rings is 1. The predicted molar refractivity (Wildman–Crippen MR) is 97.9 cm³/mol. The number of para-hydroxylation sites is 1. The average molecular weight is 351 g/mol. The summed E-state index contributed by atoms with van der Waals surface area (Å²) in [6, 6.07) is 15.8. The first-order valence-electron chi connectivity index (χ1n) is 8.72. The summed E-state index contributed by atoms with van der Waals surface area (Å²) < 4.78 is 13.1. The summed E-state index contributed by atoms with van der Waals surface area (Å²) in [5.41, 5.74) is 1.40. The van der Waals surface area contributed by atoms with Crippen molar-refractivity contribution in [1.29, 1.82) is 0 Å². The first-order chi connectivity index (χ1) is 12.7. The monoisotopic (exact) mass is 351 g/mol. The van der Waals surface area contributed by atoms with Gasteiger partial charge < -0.3 is 14.8 Å². The molecule has 3 aromatic rings. The maximum absolute atomic E-state index is 5.69. The largest absolute Gasteiger partial charge is 0.486 e. The van der Waals surface area contributed by atoms with Gasteiger partial charge in [0.1, 0.15) is 13.2 Å². The summed E-state index contributed by atoms with van der Waals surface area (Å²) in [4.78, 5) is 0. The lowest BCUT2D eigenvalue weighted by Crippen LogP contribution is -2.34. The van der Waals surface area contributed by atoms with E-state index in [1.54, 1.807) is 4.68 Å². The second kappa shape index (κ2) is 6.67. The Labute approximate surface area is 151 Å². The minimum atomic E-state index is -0.455. The van der Waals surface area contributed by atoms with Crippen molar-refractivity contribution < 1.29 is 9.47 Å². The van der Waals surface area contributed by atoms with E-state index in [0.717, 1.165) is 35.1 Å². The van der Waals surface area contributed by atoms with Crippen molar-refractivity contribution in [2.24, 2.45) is 0 Å². The molecular formula is C19H21N5O2. The van der Waals surface area contributed by atoms with Gasteiger partial charge in [0.15, 0.2) is 17.3 Å². The van der Waals surface area contributed by atoms with Gasteiger partial charge in [-0.25, -0.2) is 0 Å². The lowest BCUT2D eigenvalue weighted by molar-refractivity contribution is 0.171. The fraction of sp³-hybridized carbons (Fsp3) is 0.316. The van der Waals surface area contributed by atoms with Crippen LogP contribution in [0.2, 0.25) is 0 Å². The molecule has 2 heterocycles. The van der Waals surface area contributed by atoms with Crippen LogP contribution in [0.15, 0.2) is 48.5 Å². The van der Waals surface area contributed by atoms with Crippen LogP contribution in [0.3, 0.4) is 0 Å². The lowest BCUT2D eigenvalue weighted by atomic mass is 9.97. The van der Waals surface area contributed by atoms with E-state index in [1.807, 2.05) is 48.5 Å². The van der Waals surface area contributed by atoms with Crippen molar-refractivity contribution in [1.82, 2.24) is 20.2 Å². The van der Waals surface area contributed by atoms with Crippen LogP contribution in [0.4, 0.5) is 5.69 Å². The number of nitrogens with zero attached hydrogens (tertiary/aromatic N) is 4. The van der Waals surface area contributed by atoms with Crippen LogP contribution in [0, 0.1) is 0 Å². The van der Waals surface area contributed by atoms with E-state index >= 15 is 0 Å². The van der Waals surface area contributed by atoms with Gasteiger partial charge in [-0.3, -0.25) is 0 Å². The third-order valence-corrected chi connectivity index (χ3v) is 4.63. The van der Waals surface area contributed by atoms with Crippen molar-refractivity contribution in [3.8, 4) is 17.2 Å². The minimum absolute atomic E-state index is 0.455. The third-order valence-electron chi connectivity index (χ3n) is 4.63. The van der Waals surface area contributed by atoms with E-state index in [-0.39, 0.29) is 0 Å². The summed E-state index contributed by atoms with van der Waals surface area (Å²) in [5, 5.41) is 16.0. The smallest absolute Gasteiger partial charge is 0.181 e. The second-order valence-electron chi connectivity index (χ2n) is 6.42. The normalized spacial score (nSPS) is 15.3. The first kappa shape index (κ1) is 16.4. The molecule has 0 amide bonds. The molecule has 0 saturated heterocycles. The van der Waals surface area contributed by atoms with Crippen LogP contribution in [-0.4, -0.2) is 33.4 Å². The Kier molecular flexibility index (Phi) is 4.20. The van der Waals surface area contributed by atoms with Crippen LogP contribution in [0.5, 0.6) is 11.5 Å². The van der Waals surface area contributed by atoms with E-state index in [1.165, 1.54) is 0 Å². The van der Waals surface area contributed by atoms with Crippen molar-refractivity contribution in [3.63, 3.8) is 0 Å². The van der Waals surface area contributed by atoms with Gasteiger partial charge in [0.25, 0.3) is 0 Å². The number of hydrogen-bond acceptors (Lipinski definition) is 6. The van der Waals surface area contributed by atoms with Crippen molar-refractivity contribution in [3.05, 3.63) is 54.4 Å². The molecule has 0 aliphatic carbocycles. The van der Waals surface area contributed by atoms with Gasteiger partial charge in [-0.2, -0.15) is 4.68 Å². The predicted octanol–water partition coefficient (Wildman–Crippen LogP) is 3.17. The van der Waals surface area contributed by atoms with E-state index in [2.05, 4.69) is 34.7 Å². The maximum Gasteiger partial charge on any atom is 0.181 e. The molecule has 1 aliphatic rings. The fourth-order valence-corrected chi connectivity index (χ4v) is 3.02. The van der Waals surface area contributed by atoms with Crippen molar-refractivity contribution in [2.75, 3.05) is 18.5 Å². The molecule has 26 heavy (non-hydrogen) atoms. The molecule has 4 rings (SSSR count). The van der Waals surface area contributed by atoms with Gasteiger partial charge in [0, 0.05) is 11.8 Å². The Morgan fingerprint density at radius 2 is 1.85 bits per heavy atom. The van der Waals surface area contributed by atoms with E-state index in [0.29, 0.717) is 13.2 Å². The van der Waals surface area contributed by atoms with Gasteiger partial charge in [0.2, 0.25) is 0 Å². The van der Waals surface area contributed by atoms with Gasteiger partial charge in [0.05, 0.1) is 11.2 Å². The summed E-state index contributed by atoms with van der Waals surface area (Å²) in [6.07, 6.45) is 0.800. The average Bonchev–Trinajstić information content (AvgIpc) is 3.19. The second-order valence-corrected chi connectivity index (χ2v) is 6.42. The zero-order chi connectivity index (χ0) is 18.0. The quantitative estimate of drug-likeness (QED) is 0.761. The van der Waals surface area contributed by atoms with Crippen molar-refractivity contribution in [2.45, 2.75) is 25.8 Å². The van der Waals surface area contributed by atoms with Crippen molar-refractivity contribution >= 4 is 5.69 Å². The highest BCUT2D eigenvalue weighted by atomic mass is 16.6. The summed E-state index contributed by atoms with van der Waals surface area (Å²) in [5.74, 6) is 2.28. The fourth-order valence-electron chi connectivity index (χ4n) is 3.02. The van der Waals surface area contributed by atoms with Crippen LogP contribution < -0.4 is 14.8 Å². The molecule has 0 radical (unpaired) electrons. The number of benzene rings is 2. The van der Waals surface area contributed by atoms with Crippen LogP contribution in [-0.2, 0) is 5.54 Å². The van der Waals surface area contributed by atoms with Gasteiger partial charge in [-0.05, 0) is 48.0 Å². The van der Waals surface area contributed by atoms with Gasteiger partial charge in [-0.1, -0.05) is 25.1 Å². The molecule has 1 atom stereocenters. The van der Waals surface area contributed by atoms with Crippen LogP contribution in [0.1, 0.15) is 26.1 Å². The summed E-state index contributed by atoms with van der Waals surface area (Å²) in [7, 11) is 0. The summed E-state index contributed by atoms with van der Waals surface area (Å²) in [6.45, 7) is 5.34. The molecule has 1 aromatic heterocycles. The van der Waals surface area contributed by atoms with E-state index in [4.69, 9.17) is 9.47 Å². The van der Waals surface area contributed by atoms with Gasteiger partial charge in [-0.15, -0.1) is 5.10 Å². The molecule has 7 nitrogen and oxygen atoms in total. The molecule has 0 fully saturated rings. The molecule has 1 unspecified atom stereocenters. The Hall–Kier alpha value is -3.09. The lowest BCUT2D eigenvalue weighted by Gasteiger charge is -2.30. The number of aromatic nitrogens is 4. The number of nitrogens with one attached hydrogen (secondary N) is 1. The highest BCUT2D eigenvalue weighted by Gasteiger charge is 2.32. The minimum Gasteiger partial charge on any atom is -0.486 e. The Balaban J connectivity index is 1.67. The van der Waals surface area contributed by atoms with E-state index < -0.39 is 5.54 Å². The van der Waals surface area contributed by atoms with Gasteiger partial charge >= 0.3 is 0 Å². The Morgan fingerprint density at radius 1 is 1.08 bits per heavy atom. The Bertz CT molecular complexity index is 896. The first-order valence-corrected chi connectivity index (χ1v) is 8.72. The van der Waals surface area contributed by atoms with Crippen LogP contribution >= 0.6 is 0 Å². The SMILES string of the molecule is CCC(C)(Nc1ccc2c(c1)OCCO2)c1nnnn1-c1ccccc1. The molecule has 0 bridgehead atoms. The molecule has 7 heteroatoms. The molecule has 1 N–H and O–H groups in total. The topological polar surface area (TPSA) is 74.1 Å². The zero-order valence-corrected chi connectivity index (χ0v) is 14.8. The number of rotatable bonds is 5. The molecule has 1 aliphatic heterocycles. The number of fused-ring (bicyclic) bond motifs is 1. The Morgan fingerprint density at radius 3 is 2.62 bits per heavy atom. The number of anilines is 1. The molecular weight excluding hydrogens is 330 g/mol. The molecule has 0 saturated carbocycles. The highest BCUT2D eigenvalue weighted by molar-refractivity contribution is 5.56. The molecule has 0 spiro atoms. The summed E-state index contributed by atoms with van der Waals surface area (Å²) >= 11 is 0. The van der Waals surface area contributed by atoms with Crippen LogP contribution in [0.25, 0.3) is 5.69 Å². The molecule has 2 aromatic carbocycles. The third kappa shape index (κ3) is 2.96. The molecule has 134 valence electrons. The maximum atomic E-state index is 5.69. The number of ether oxygens (including phenoxy) is 2. The highest BCUT2D eigenvalue weighted by Crippen LogP contribution is 2.35. The standard InChI is InChI=1S/C19H21N5O2/c1-3-19(2,18-21-22-23-24(18)15-7-5-4-6-8-15)20-14-9-10-16-17(13-14)26-12-11-25-16/h4-10,13,20H,3,11-12H2,1-2H3. The number of hydrogen-bond donors (Lipinski definition) is 1. The van der Waals surface area contributed by atoms with E-state index in [9.17, 15) is 0 Å². The zero-order valence-electron chi connectivity index (χ0n) is 14.8.